The van der Waals surface area contributed by atoms with E-state index in [9.17, 15) is 14.4 Å². The van der Waals surface area contributed by atoms with Gasteiger partial charge in [0.05, 0.1) is 5.70 Å². The summed E-state index contributed by atoms with van der Waals surface area (Å²) < 4.78 is 4.44. The van der Waals surface area contributed by atoms with Gasteiger partial charge in [0, 0.05) is 24.2 Å². The summed E-state index contributed by atoms with van der Waals surface area (Å²) >= 11 is 0. The zero-order valence-corrected chi connectivity index (χ0v) is 18.5. The molecule has 3 N–H and O–H groups in total. The van der Waals surface area contributed by atoms with E-state index in [1.807, 2.05) is 11.0 Å². The Kier molecular flexibility index (Phi) is 6.46. The number of amides is 2. The average Bonchev–Trinajstić information content (AvgIpc) is 3.23. The molecule has 1 unspecified atom stereocenters. The molecule has 1 fully saturated rings. The van der Waals surface area contributed by atoms with Gasteiger partial charge < -0.3 is 15.4 Å². The van der Waals surface area contributed by atoms with Crippen molar-refractivity contribution in [1.82, 2.24) is 10.4 Å². The largest absolute Gasteiger partial charge is 0.412 e. The highest BCUT2D eigenvalue weighted by molar-refractivity contribution is 5.96. The number of likely N-dealkylation sites (tertiary alicyclic amines) is 1. The van der Waals surface area contributed by atoms with Crippen molar-refractivity contribution in [1.29, 1.82) is 0 Å². The number of ether oxygens (including phenoxy) is 1. The number of esters is 1. The fourth-order valence-corrected chi connectivity index (χ4v) is 4.22. The number of nitrogens with two attached hydrogens (primary N) is 1. The monoisotopic (exact) mass is 449 g/mol. The molecule has 1 saturated heterocycles. The van der Waals surface area contributed by atoms with Crippen LogP contribution < -0.4 is 11.2 Å². The number of piperidine rings is 1. The van der Waals surface area contributed by atoms with Gasteiger partial charge in [-0.15, -0.1) is 0 Å². The van der Waals surface area contributed by atoms with E-state index < -0.39 is 17.7 Å². The molecule has 0 aliphatic carbocycles. The molecule has 2 heterocycles. The fraction of sp³-hybridized carbons (Fsp3) is 0.320. The van der Waals surface area contributed by atoms with Crippen LogP contribution >= 0.6 is 0 Å². The number of carbonyl (C=O) groups excluding carboxylic acids is 3. The van der Waals surface area contributed by atoms with Gasteiger partial charge in [-0.2, -0.15) is 0 Å². The number of rotatable bonds is 5. The van der Waals surface area contributed by atoms with Crippen LogP contribution in [-0.4, -0.2) is 41.6 Å². The van der Waals surface area contributed by atoms with Crippen molar-refractivity contribution in [3.8, 4) is 0 Å². The molecule has 0 saturated carbocycles. The number of hydrogen-bond donors (Lipinski definition) is 2. The molecule has 1 atom stereocenters. The first-order valence-electron chi connectivity index (χ1n) is 11.0. The topological polar surface area (TPSA) is 111 Å². The number of nitrogens with zero attached hydrogens (tertiary/aromatic N) is 1. The van der Waals surface area contributed by atoms with Crippen LogP contribution in [0.15, 0.2) is 60.7 Å². The summed E-state index contributed by atoms with van der Waals surface area (Å²) in [7, 11) is 0. The number of benzene rings is 2. The van der Waals surface area contributed by atoms with Crippen LogP contribution in [0.4, 0.5) is 4.79 Å². The Balaban J connectivity index is 1.40. The van der Waals surface area contributed by atoms with E-state index in [2.05, 4.69) is 34.5 Å². The smallest absolute Gasteiger partial charge is 0.374 e. The summed E-state index contributed by atoms with van der Waals surface area (Å²) in [6, 6.07) is 17.6. The molecular formula is C25H27N3O5. The van der Waals surface area contributed by atoms with Crippen LogP contribution in [-0.2, 0) is 20.8 Å². The summed E-state index contributed by atoms with van der Waals surface area (Å²) in [5, 5.41) is 0. The van der Waals surface area contributed by atoms with Gasteiger partial charge in [-0.3, -0.25) is 15.1 Å². The summed E-state index contributed by atoms with van der Waals surface area (Å²) in [6.07, 6.45) is 3.28. The van der Waals surface area contributed by atoms with Crippen LogP contribution in [0.3, 0.4) is 0 Å². The van der Waals surface area contributed by atoms with Gasteiger partial charge in [-0.25, -0.2) is 9.59 Å². The molecule has 2 amide bonds. The highest BCUT2D eigenvalue weighted by atomic mass is 16.7. The van der Waals surface area contributed by atoms with Crippen molar-refractivity contribution in [2.75, 3.05) is 13.1 Å². The number of hydroxylamine groups is 1. The summed E-state index contributed by atoms with van der Waals surface area (Å²) in [5.74, 6) is -0.376. The van der Waals surface area contributed by atoms with E-state index >= 15 is 0 Å². The molecule has 0 radical (unpaired) electrons. The van der Waals surface area contributed by atoms with E-state index in [-0.39, 0.29) is 5.91 Å². The van der Waals surface area contributed by atoms with Crippen molar-refractivity contribution in [3.63, 3.8) is 0 Å². The Morgan fingerprint density at radius 3 is 2.55 bits per heavy atom. The molecule has 0 spiro atoms. The van der Waals surface area contributed by atoms with Crippen molar-refractivity contribution in [2.45, 2.75) is 31.8 Å². The zero-order valence-electron chi connectivity index (χ0n) is 18.5. The Morgan fingerprint density at radius 1 is 1.12 bits per heavy atom. The van der Waals surface area contributed by atoms with Gasteiger partial charge in [0.2, 0.25) is 5.60 Å². The van der Waals surface area contributed by atoms with Gasteiger partial charge >= 0.3 is 12.1 Å². The molecule has 0 aromatic heterocycles. The predicted molar refractivity (Wildman–Crippen MR) is 121 cm³/mol. The number of carbonyl (C=O) groups is 3. The minimum atomic E-state index is -1.51. The van der Waals surface area contributed by atoms with E-state index in [1.165, 1.54) is 18.6 Å². The Bertz CT molecular complexity index is 1080. The van der Waals surface area contributed by atoms with Crippen LogP contribution in [0.2, 0.25) is 0 Å². The molecule has 2 aliphatic heterocycles. The van der Waals surface area contributed by atoms with Crippen molar-refractivity contribution < 1.29 is 24.0 Å². The van der Waals surface area contributed by atoms with E-state index in [0.29, 0.717) is 22.7 Å². The molecule has 2 aromatic carbocycles. The molecule has 2 aliphatic rings. The van der Waals surface area contributed by atoms with E-state index in [4.69, 9.17) is 10.6 Å². The molecule has 8 heteroatoms. The lowest BCUT2D eigenvalue weighted by atomic mass is 9.90. The number of hydrogen-bond acceptors (Lipinski definition) is 6. The van der Waals surface area contributed by atoms with Crippen LogP contribution in [0.1, 0.15) is 41.3 Å². The van der Waals surface area contributed by atoms with E-state index in [0.717, 1.165) is 32.4 Å². The van der Waals surface area contributed by atoms with Crippen molar-refractivity contribution in [2.24, 2.45) is 11.7 Å². The molecule has 8 nitrogen and oxygen atoms in total. The maximum absolute atomic E-state index is 13.1. The van der Waals surface area contributed by atoms with Gasteiger partial charge in [-0.1, -0.05) is 42.5 Å². The summed E-state index contributed by atoms with van der Waals surface area (Å²) in [4.78, 5) is 43.3. The second-order valence-corrected chi connectivity index (χ2v) is 8.58. The first-order valence-corrected chi connectivity index (χ1v) is 11.0. The van der Waals surface area contributed by atoms with Gasteiger partial charge in [0.15, 0.2) is 0 Å². The van der Waals surface area contributed by atoms with Gasteiger partial charge in [-0.05, 0) is 55.9 Å². The lowest BCUT2D eigenvalue weighted by Gasteiger charge is -2.32. The summed E-state index contributed by atoms with van der Waals surface area (Å²) in [5.41, 5.74) is 9.15. The first-order chi connectivity index (χ1) is 15.8. The molecular weight excluding hydrogens is 422 g/mol. The quantitative estimate of drug-likeness (QED) is 0.536. The third kappa shape index (κ3) is 5.23. The van der Waals surface area contributed by atoms with Crippen LogP contribution in [0.25, 0.3) is 5.70 Å². The predicted octanol–water partition coefficient (Wildman–Crippen LogP) is 3.04. The zero-order chi connectivity index (χ0) is 23.4. The summed E-state index contributed by atoms with van der Waals surface area (Å²) in [6.45, 7) is 2.90. The highest BCUT2D eigenvalue weighted by Gasteiger charge is 2.41. The maximum Gasteiger partial charge on any atom is 0.412 e. The minimum Gasteiger partial charge on any atom is -0.374 e. The van der Waals surface area contributed by atoms with Crippen LogP contribution in [0.5, 0.6) is 0 Å². The molecule has 172 valence electrons. The van der Waals surface area contributed by atoms with Crippen molar-refractivity contribution in [3.05, 3.63) is 77.4 Å². The molecule has 2 aromatic rings. The lowest BCUT2D eigenvalue weighted by molar-refractivity contribution is -0.159. The second kappa shape index (κ2) is 9.46. The van der Waals surface area contributed by atoms with E-state index in [1.54, 1.807) is 24.3 Å². The van der Waals surface area contributed by atoms with Crippen LogP contribution in [0, 0.1) is 5.92 Å². The Morgan fingerprint density at radius 2 is 1.85 bits per heavy atom. The highest BCUT2D eigenvalue weighted by Crippen LogP contribution is 2.28. The Labute approximate surface area is 192 Å². The number of nitrogens with one attached hydrogen (secondary N) is 1. The molecule has 4 rings (SSSR count). The first kappa shape index (κ1) is 22.5. The maximum atomic E-state index is 13.1. The number of primary amides is 1. The van der Waals surface area contributed by atoms with Crippen molar-refractivity contribution >= 4 is 23.7 Å². The SMILES string of the molecule is CC1(C(=O)OC(N)=O)C=C(c2cccc(C(=O)N3CCC(Cc4ccccc4)CC3)c2)NO1. The fourth-order valence-electron chi connectivity index (χ4n) is 4.22. The third-order valence-corrected chi connectivity index (χ3v) is 6.08. The Hall–Kier alpha value is -3.65. The van der Waals surface area contributed by atoms with Gasteiger partial charge in [0.1, 0.15) is 0 Å². The average molecular weight is 450 g/mol. The molecule has 33 heavy (non-hydrogen) atoms. The third-order valence-electron chi connectivity index (χ3n) is 6.08. The minimum absolute atomic E-state index is 0.0228. The second-order valence-electron chi connectivity index (χ2n) is 8.58. The molecule has 0 bridgehead atoms. The normalized spacial score (nSPS) is 20.6. The lowest BCUT2D eigenvalue weighted by Crippen LogP contribution is -2.39. The standard InChI is InChI=1S/C25H27N3O5/c1-25(23(30)32-24(26)31)16-21(27-33-25)19-8-5-9-20(15-19)22(29)28-12-10-18(11-13-28)14-17-6-3-2-4-7-17/h2-9,15-16,18,27H,10-14H2,1H3,(H2,26,31). The van der Waals surface area contributed by atoms with Gasteiger partial charge in [0.25, 0.3) is 5.91 Å².